The fourth-order valence-electron chi connectivity index (χ4n) is 3.89. The highest BCUT2D eigenvalue weighted by Crippen LogP contribution is 2.30. The molecule has 3 aromatic rings. The number of aromatic nitrogens is 1. The van der Waals surface area contributed by atoms with Crippen LogP contribution in [0.3, 0.4) is 0 Å². The molecule has 1 atom stereocenters. The summed E-state index contributed by atoms with van der Waals surface area (Å²) in [6.45, 7) is 5.32. The Bertz CT molecular complexity index is 1190. The van der Waals surface area contributed by atoms with E-state index in [9.17, 15) is 13.2 Å². The number of benzene rings is 2. The molecule has 0 bridgehead atoms. The summed E-state index contributed by atoms with van der Waals surface area (Å²) < 4.78 is 27.9. The minimum atomic E-state index is -3.56. The van der Waals surface area contributed by atoms with Gasteiger partial charge in [-0.05, 0) is 44.7 Å². The van der Waals surface area contributed by atoms with Gasteiger partial charge in [-0.1, -0.05) is 48.0 Å². The predicted molar refractivity (Wildman–Crippen MR) is 127 cm³/mol. The van der Waals surface area contributed by atoms with Crippen LogP contribution in [-0.4, -0.2) is 43.8 Å². The quantitative estimate of drug-likeness (QED) is 0.585. The third-order valence-corrected chi connectivity index (χ3v) is 8.35. The van der Waals surface area contributed by atoms with Crippen molar-refractivity contribution in [1.82, 2.24) is 14.6 Å². The van der Waals surface area contributed by atoms with Gasteiger partial charge in [0.25, 0.3) is 5.91 Å². The highest BCUT2D eigenvalue weighted by molar-refractivity contribution is 7.89. The van der Waals surface area contributed by atoms with E-state index < -0.39 is 10.0 Å². The van der Waals surface area contributed by atoms with Gasteiger partial charge >= 0.3 is 0 Å². The zero-order valence-electron chi connectivity index (χ0n) is 18.2. The van der Waals surface area contributed by atoms with E-state index in [1.807, 2.05) is 49.1 Å². The lowest BCUT2D eigenvalue weighted by molar-refractivity contribution is 0.0680. The van der Waals surface area contributed by atoms with Gasteiger partial charge in [-0.3, -0.25) is 4.79 Å². The van der Waals surface area contributed by atoms with Crippen LogP contribution in [0, 0.1) is 19.8 Å². The molecule has 0 radical (unpaired) electrons. The second kappa shape index (κ2) is 9.52. The number of likely N-dealkylation sites (tertiary alicyclic amines) is 1. The van der Waals surface area contributed by atoms with Crippen molar-refractivity contribution >= 4 is 27.3 Å². The number of nitrogens with one attached hydrogen (secondary N) is 1. The molecule has 1 unspecified atom stereocenters. The normalized spacial score (nSPS) is 16.8. The van der Waals surface area contributed by atoms with E-state index in [-0.39, 0.29) is 16.7 Å². The molecular formula is C24H27N3O3S2. The Morgan fingerprint density at radius 3 is 2.56 bits per heavy atom. The zero-order chi connectivity index (χ0) is 22.7. The number of aryl methyl sites for hydroxylation is 2. The molecule has 32 heavy (non-hydrogen) atoms. The number of carbonyl (C=O) groups excluding carboxylic acids is 1. The van der Waals surface area contributed by atoms with Crippen molar-refractivity contribution in [1.29, 1.82) is 0 Å². The number of carbonyl (C=O) groups is 1. The van der Waals surface area contributed by atoms with Crippen LogP contribution in [-0.2, 0) is 10.0 Å². The van der Waals surface area contributed by atoms with Gasteiger partial charge < -0.3 is 4.90 Å². The first-order valence-corrected chi connectivity index (χ1v) is 13.0. The van der Waals surface area contributed by atoms with Crippen LogP contribution in [0.5, 0.6) is 0 Å². The maximum Gasteiger partial charge on any atom is 0.265 e. The molecule has 1 aliphatic rings. The van der Waals surface area contributed by atoms with Crippen LogP contribution in [0.2, 0.25) is 0 Å². The summed E-state index contributed by atoms with van der Waals surface area (Å²) in [6, 6.07) is 16.7. The van der Waals surface area contributed by atoms with Crippen molar-refractivity contribution in [3.63, 3.8) is 0 Å². The number of hydrogen-bond acceptors (Lipinski definition) is 5. The molecular weight excluding hydrogens is 442 g/mol. The smallest absolute Gasteiger partial charge is 0.265 e. The summed E-state index contributed by atoms with van der Waals surface area (Å²) in [5.41, 5.74) is 2.75. The fraction of sp³-hybridized carbons (Fsp3) is 0.333. The van der Waals surface area contributed by atoms with Gasteiger partial charge in [-0.2, -0.15) is 0 Å². The van der Waals surface area contributed by atoms with Crippen molar-refractivity contribution in [2.45, 2.75) is 31.6 Å². The van der Waals surface area contributed by atoms with Gasteiger partial charge in [0.2, 0.25) is 10.0 Å². The van der Waals surface area contributed by atoms with Crippen LogP contribution in [0.1, 0.15) is 33.8 Å². The van der Waals surface area contributed by atoms with Crippen molar-refractivity contribution in [2.24, 2.45) is 5.92 Å². The second-order valence-electron chi connectivity index (χ2n) is 8.22. The van der Waals surface area contributed by atoms with E-state index in [0.29, 0.717) is 24.5 Å². The summed E-state index contributed by atoms with van der Waals surface area (Å²) in [6.07, 6.45) is 1.74. The maximum absolute atomic E-state index is 13.2. The average Bonchev–Trinajstić information content (AvgIpc) is 3.20. The number of sulfonamides is 1. The number of hydrogen-bond donors (Lipinski definition) is 1. The van der Waals surface area contributed by atoms with Crippen LogP contribution in [0.15, 0.2) is 59.5 Å². The molecule has 0 saturated carbocycles. The Morgan fingerprint density at radius 1 is 1.12 bits per heavy atom. The minimum Gasteiger partial charge on any atom is -0.338 e. The number of amides is 1. The number of nitrogens with zero attached hydrogens (tertiary/aromatic N) is 2. The number of piperidine rings is 1. The molecule has 0 spiro atoms. The van der Waals surface area contributed by atoms with E-state index in [1.54, 1.807) is 24.3 Å². The summed E-state index contributed by atoms with van der Waals surface area (Å²) >= 11 is 1.42. The topological polar surface area (TPSA) is 79.4 Å². The largest absolute Gasteiger partial charge is 0.338 e. The maximum atomic E-state index is 13.2. The molecule has 6 nitrogen and oxygen atoms in total. The lowest BCUT2D eigenvalue weighted by Gasteiger charge is -2.32. The molecule has 1 aromatic heterocycles. The molecule has 1 saturated heterocycles. The number of rotatable bonds is 6. The lowest BCUT2D eigenvalue weighted by atomic mass is 9.98. The van der Waals surface area contributed by atoms with Crippen molar-refractivity contribution in [3.8, 4) is 10.6 Å². The van der Waals surface area contributed by atoms with Crippen molar-refractivity contribution < 1.29 is 13.2 Å². The molecule has 0 aliphatic carbocycles. The highest BCUT2D eigenvalue weighted by Gasteiger charge is 2.28. The molecule has 168 valence electrons. The van der Waals surface area contributed by atoms with E-state index in [2.05, 4.69) is 9.71 Å². The molecule has 1 N–H and O–H groups in total. The molecule has 1 aliphatic heterocycles. The van der Waals surface area contributed by atoms with Crippen molar-refractivity contribution in [3.05, 3.63) is 70.7 Å². The molecule has 8 heteroatoms. The highest BCUT2D eigenvalue weighted by atomic mass is 32.2. The van der Waals surface area contributed by atoms with Crippen LogP contribution in [0.4, 0.5) is 0 Å². The Labute approximate surface area is 193 Å². The predicted octanol–water partition coefficient (Wildman–Crippen LogP) is 4.26. The van der Waals surface area contributed by atoms with Gasteiger partial charge in [-0.15, -0.1) is 11.3 Å². The Balaban J connectivity index is 1.41. The standard InChI is InChI=1S/C24H27N3O3S2/c1-17-10-12-21(13-11-17)32(29,30)25-15-19-7-6-14-27(16-19)24(28)22-18(2)26-23(31-22)20-8-4-3-5-9-20/h3-5,8-13,19,25H,6-7,14-16H2,1-2H3. The SMILES string of the molecule is Cc1ccc(S(=O)(=O)NCC2CCCN(C(=O)c3sc(-c4ccccc4)nc3C)C2)cc1. The van der Waals surface area contributed by atoms with Gasteiger partial charge in [0.1, 0.15) is 9.88 Å². The summed E-state index contributed by atoms with van der Waals surface area (Å²) in [5, 5.41) is 0.839. The second-order valence-corrected chi connectivity index (χ2v) is 11.0. The van der Waals surface area contributed by atoms with Gasteiger partial charge in [0.05, 0.1) is 10.6 Å². The zero-order valence-corrected chi connectivity index (χ0v) is 19.9. The van der Waals surface area contributed by atoms with Crippen LogP contribution in [0.25, 0.3) is 10.6 Å². The molecule has 1 amide bonds. The third-order valence-electron chi connectivity index (χ3n) is 5.71. The summed E-state index contributed by atoms with van der Waals surface area (Å²) in [5.74, 6) is 0.0583. The summed E-state index contributed by atoms with van der Waals surface area (Å²) in [4.78, 5) is 20.6. The monoisotopic (exact) mass is 469 g/mol. The molecule has 4 rings (SSSR count). The van der Waals surface area contributed by atoms with Crippen LogP contribution >= 0.6 is 11.3 Å². The van der Waals surface area contributed by atoms with Crippen molar-refractivity contribution in [2.75, 3.05) is 19.6 Å². The summed E-state index contributed by atoms with van der Waals surface area (Å²) in [7, 11) is -3.56. The minimum absolute atomic E-state index is 0.0201. The van der Waals surface area contributed by atoms with Gasteiger partial charge in [0, 0.05) is 25.2 Å². The van der Waals surface area contributed by atoms with E-state index in [4.69, 9.17) is 0 Å². The molecule has 2 aromatic carbocycles. The van der Waals surface area contributed by atoms with E-state index in [1.165, 1.54) is 11.3 Å². The third kappa shape index (κ3) is 5.09. The Hall–Kier alpha value is -2.55. The Kier molecular flexibility index (Phi) is 6.74. The first-order chi connectivity index (χ1) is 15.3. The first kappa shape index (κ1) is 22.6. The lowest BCUT2D eigenvalue weighted by Crippen LogP contribution is -2.43. The molecule has 2 heterocycles. The fourth-order valence-corrected chi connectivity index (χ4v) is 6.04. The van der Waals surface area contributed by atoms with Gasteiger partial charge in [0.15, 0.2) is 0 Å². The number of thiazole rings is 1. The molecule has 1 fully saturated rings. The van der Waals surface area contributed by atoms with E-state index in [0.717, 1.165) is 34.7 Å². The Morgan fingerprint density at radius 2 is 1.84 bits per heavy atom. The van der Waals surface area contributed by atoms with E-state index >= 15 is 0 Å². The van der Waals surface area contributed by atoms with Crippen LogP contribution < -0.4 is 4.72 Å². The first-order valence-electron chi connectivity index (χ1n) is 10.7. The van der Waals surface area contributed by atoms with Gasteiger partial charge in [-0.25, -0.2) is 18.1 Å². The average molecular weight is 470 g/mol.